The van der Waals surface area contributed by atoms with E-state index < -0.39 is 0 Å². The van der Waals surface area contributed by atoms with E-state index in [0.29, 0.717) is 10.0 Å². The molecule has 0 aliphatic heterocycles. The van der Waals surface area contributed by atoms with Gasteiger partial charge in [-0.3, -0.25) is 5.43 Å². The molecular formula is C12H10Cl2N2S2. The second kappa shape index (κ2) is 6.48. The van der Waals surface area contributed by atoms with E-state index in [0.717, 1.165) is 10.6 Å². The second-order valence-electron chi connectivity index (χ2n) is 3.36. The summed E-state index contributed by atoms with van der Waals surface area (Å²) >= 11 is 15.2. The maximum Gasteiger partial charge on any atom is 0.0749 e. The summed E-state index contributed by atoms with van der Waals surface area (Å²) in [6.45, 7) is 0. The molecule has 0 bridgehead atoms. The highest BCUT2D eigenvalue weighted by atomic mass is 35.5. The molecule has 0 spiro atoms. The van der Waals surface area contributed by atoms with Gasteiger partial charge in [-0.15, -0.1) is 23.1 Å². The van der Waals surface area contributed by atoms with Gasteiger partial charge >= 0.3 is 0 Å². The van der Waals surface area contributed by atoms with Gasteiger partial charge in [0.15, 0.2) is 0 Å². The van der Waals surface area contributed by atoms with Crippen LogP contribution in [-0.2, 0) is 0 Å². The summed E-state index contributed by atoms with van der Waals surface area (Å²) in [6.07, 6.45) is 3.83. The number of anilines is 1. The minimum Gasteiger partial charge on any atom is -0.277 e. The van der Waals surface area contributed by atoms with Crippen LogP contribution in [0, 0.1) is 0 Å². The van der Waals surface area contributed by atoms with E-state index in [2.05, 4.69) is 22.8 Å². The van der Waals surface area contributed by atoms with Gasteiger partial charge in [0.1, 0.15) is 0 Å². The highest BCUT2D eigenvalue weighted by Gasteiger charge is 1.99. The van der Waals surface area contributed by atoms with E-state index in [1.807, 2.05) is 6.07 Å². The Kier molecular flexibility index (Phi) is 4.95. The van der Waals surface area contributed by atoms with Crippen molar-refractivity contribution >= 4 is 58.2 Å². The van der Waals surface area contributed by atoms with Gasteiger partial charge in [0.05, 0.1) is 21.1 Å². The van der Waals surface area contributed by atoms with E-state index >= 15 is 0 Å². The smallest absolute Gasteiger partial charge is 0.0749 e. The predicted octanol–water partition coefficient (Wildman–Crippen LogP) is 5.22. The topological polar surface area (TPSA) is 24.4 Å². The molecule has 0 unspecified atom stereocenters. The first-order valence-corrected chi connectivity index (χ1v) is 7.86. The molecule has 0 aliphatic carbocycles. The molecule has 94 valence electrons. The average molecular weight is 317 g/mol. The molecule has 0 atom stereocenters. The van der Waals surface area contributed by atoms with Crippen molar-refractivity contribution in [2.45, 2.75) is 4.21 Å². The Bertz CT molecular complexity index is 567. The van der Waals surface area contributed by atoms with Crippen LogP contribution in [0.3, 0.4) is 0 Å². The van der Waals surface area contributed by atoms with Crippen LogP contribution in [0.4, 0.5) is 5.69 Å². The van der Waals surface area contributed by atoms with Crippen LogP contribution in [0.15, 0.2) is 39.6 Å². The van der Waals surface area contributed by atoms with Gasteiger partial charge in [-0.25, -0.2) is 0 Å². The molecule has 1 heterocycles. The minimum atomic E-state index is 0.552. The molecule has 0 saturated carbocycles. The molecule has 2 rings (SSSR count). The van der Waals surface area contributed by atoms with Crippen molar-refractivity contribution in [3.63, 3.8) is 0 Å². The Morgan fingerprint density at radius 3 is 2.78 bits per heavy atom. The zero-order chi connectivity index (χ0) is 13.0. The lowest BCUT2D eigenvalue weighted by molar-refractivity contribution is 1.35. The van der Waals surface area contributed by atoms with Crippen molar-refractivity contribution in [2.75, 3.05) is 11.7 Å². The Morgan fingerprint density at radius 1 is 1.28 bits per heavy atom. The molecule has 6 heteroatoms. The van der Waals surface area contributed by atoms with Crippen LogP contribution < -0.4 is 5.43 Å². The Morgan fingerprint density at radius 2 is 2.11 bits per heavy atom. The maximum atomic E-state index is 6.02. The van der Waals surface area contributed by atoms with Crippen molar-refractivity contribution < 1.29 is 0 Å². The Balaban J connectivity index is 2.02. The fourth-order valence-electron chi connectivity index (χ4n) is 1.26. The van der Waals surface area contributed by atoms with Gasteiger partial charge < -0.3 is 0 Å². The van der Waals surface area contributed by atoms with E-state index in [9.17, 15) is 0 Å². The molecule has 2 nitrogen and oxygen atoms in total. The van der Waals surface area contributed by atoms with E-state index in [1.165, 1.54) is 4.21 Å². The molecule has 0 radical (unpaired) electrons. The predicted molar refractivity (Wildman–Crippen MR) is 83.8 cm³/mol. The summed E-state index contributed by atoms with van der Waals surface area (Å²) in [5.41, 5.74) is 3.63. The number of nitrogens with one attached hydrogen (secondary N) is 1. The number of rotatable bonds is 4. The standard InChI is InChI=1S/C12H10Cl2N2S2/c1-17-12-5-3-9(18-12)7-15-16-11-4-2-8(13)6-10(11)14/h2-7,16H,1H3/b15-7-. The van der Waals surface area contributed by atoms with Crippen LogP contribution in [0.1, 0.15) is 4.88 Å². The molecule has 0 fully saturated rings. The first kappa shape index (κ1) is 13.7. The molecular weight excluding hydrogens is 307 g/mol. The summed E-state index contributed by atoms with van der Waals surface area (Å²) in [5, 5.41) is 5.31. The number of thiophene rings is 1. The van der Waals surface area contributed by atoms with Crippen LogP contribution >= 0.6 is 46.3 Å². The molecule has 18 heavy (non-hydrogen) atoms. The van der Waals surface area contributed by atoms with Gasteiger partial charge in [-0.05, 0) is 36.6 Å². The van der Waals surface area contributed by atoms with Crippen LogP contribution in [0.25, 0.3) is 0 Å². The van der Waals surface area contributed by atoms with Crippen molar-refractivity contribution in [2.24, 2.45) is 5.10 Å². The molecule has 2 aromatic rings. The summed E-state index contributed by atoms with van der Waals surface area (Å²) in [4.78, 5) is 1.09. The number of hydrogen-bond acceptors (Lipinski definition) is 4. The van der Waals surface area contributed by atoms with Crippen molar-refractivity contribution in [1.82, 2.24) is 0 Å². The van der Waals surface area contributed by atoms with Crippen molar-refractivity contribution in [1.29, 1.82) is 0 Å². The first-order valence-electron chi connectivity index (χ1n) is 5.07. The quantitative estimate of drug-likeness (QED) is 0.475. The van der Waals surface area contributed by atoms with E-state index in [4.69, 9.17) is 23.2 Å². The largest absolute Gasteiger partial charge is 0.277 e. The lowest BCUT2D eigenvalue weighted by Gasteiger charge is -2.02. The molecule has 0 amide bonds. The fourth-order valence-corrected chi connectivity index (χ4v) is 3.15. The normalized spacial score (nSPS) is 11.1. The molecule has 0 saturated heterocycles. The average Bonchev–Trinajstić information content (AvgIpc) is 2.80. The Labute approximate surface area is 124 Å². The zero-order valence-electron chi connectivity index (χ0n) is 9.48. The summed E-state index contributed by atoms with van der Waals surface area (Å²) in [6, 6.07) is 9.35. The van der Waals surface area contributed by atoms with Gasteiger partial charge in [0.25, 0.3) is 0 Å². The fraction of sp³-hybridized carbons (Fsp3) is 0.0833. The van der Waals surface area contributed by atoms with E-state index in [-0.39, 0.29) is 0 Å². The summed E-state index contributed by atoms with van der Waals surface area (Å²) in [5.74, 6) is 0. The lowest BCUT2D eigenvalue weighted by atomic mass is 10.3. The molecule has 1 aromatic heterocycles. The number of benzene rings is 1. The van der Waals surface area contributed by atoms with Crippen LogP contribution in [0.2, 0.25) is 10.0 Å². The van der Waals surface area contributed by atoms with E-state index in [1.54, 1.807) is 47.5 Å². The van der Waals surface area contributed by atoms with Gasteiger partial charge in [0, 0.05) is 9.90 Å². The first-order chi connectivity index (χ1) is 8.69. The van der Waals surface area contributed by atoms with Crippen molar-refractivity contribution in [3.05, 3.63) is 45.3 Å². The second-order valence-corrected chi connectivity index (χ2v) is 6.42. The highest BCUT2D eigenvalue weighted by Crippen LogP contribution is 2.26. The Hall–Kier alpha value is -0.680. The lowest BCUT2D eigenvalue weighted by Crippen LogP contribution is -1.90. The number of hydrazone groups is 1. The molecule has 0 aliphatic rings. The number of thioether (sulfide) groups is 1. The van der Waals surface area contributed by atoms with Crippen LogP contribution in [0.5, 0.6) is 0 Å². The maximum absolute atomic E-state index is 6.02. The third kappa shape index (κ3) is 3.65. The zero-order valence-corrected chi connectivity index (χ0v) is 12.6. The van der Waals surface area contributed by atoms with Crippen LogP contribution in [-0.4, -0.2) is 12.5 Å². The summed E-state index contributed by atoms with van der Waals surface area (Å²) < 4.78 is 1.26. The number of hydrogen-bond donors (Lipinski definition) is 1. The number of nitrogens with zero attached hydrogens (tertiary/aromatic N) is 1. The van der Waals surface area contributed by atoms with Crippen molar-refractivity contribution in [3.8, 4) is 0 Å². The molecule has 1 aromatic carbocycles. The summed E-state index contributed by atoms with van der Waals surface area (Å²) in [7, 11) is 0. The van der Waals surface area contributed by atoms with Gasteiger partial charge in [0.2, 0.25) is 0 Å². The third-order valence-electron chi connectivity index (χ3n) is 2.11. The van der Waals surface area contributed by atoms with Gasteiger partial charge in [-0.1, -0.05) is 23.2 Å². The SMILES string of the molecule is CSc1ccc(/C=N\Nc2ccc(Cl)cc2Cl)s1. The van der Waals surface area contributed by atoms with Gasteiger partial charge in [-0.2, -0.15) is 5.10 Å². The highest BCUT2D eigenvalue weighted by molar-refractivity contribution is 8.00. The minimum absolute atomic E-state index is 0.552. The molecule has 1 N–H and O–H groups in total. The third-order valence-corrected chi connectivity index (χ3v) is 4.76. The monoisotopic (exact) mass is 316 g/mol. The number of halogens is 2.